The minimum absolute atomic E-state index is 0.704. The minimum Gasteiger partial charge on any atom is -0.457 e. The van der Waals surface area contributed by atoms with Crippen LogP contribution in [0.3, 0.4) is 0 Å². The van der Waals surface area contributed by atoms with Crippen molar-refractivity contribution >= 4 is 23.2 Å². The quantitative estimate of drug-likeness (QED) is 0.699. The van der Waals surface area contributed by atoms with Gasteiger partial charge in [-0.25, -0.2) is 0 Å². The Morgan fingerprint density at radius 2 is 1.90 bits per heavy atom. The maximum absolute atomic E-state index is 6.30. The standard InChI is InChI=1S/C17H19Cl2NO/c1-3-8-20-11-13-4-6-15(10-16(13)19)21-17-7-5-14(18)9-12(17)2/h4-7,9-10,20H,3,8,11H2,1-2H3. The van der Waals surface area contributed by atoms with E-state index in [1.165, 1.54) is 0 Å². The van der Waals surface area contributed by atoms with Crippen molar-refractivity contribution in [2.75, 3.05) is 6.54 Å². The fraction of sp³-hybridized carbons (Fsp3) is 0.294. The minimum atomic E-state index is 0.704. The average Bonchev–Trinajstić information content (AvgIpc) is 2.44. The first-order chi connectivity index (χ1) is 10.1. The van der Waals surface area contributed by atoms with Gasteiger partial charge in [0.15, 0.2) is 0 Å². The van der Waals surface area contributed by atoms with Gasteiger partial charge in [0.05, 0.1) is 0 Å². The molecule has 0 unspecified atom stereocenters. The molecule has 0 spiro atoms. The second-order valence-electron chi connectivity index (χ2n) is 4.94. The van der Waals surface area contributed by atoms with Gasteiger partial charge in [-0.05, 0) is 61.3 Å². The zero-order valence-corrected chi connectivity index (χ0v) is 13.8. The fourth-order valence-corrected chi connectivity index (χ4v) is 2.45. The molecule has 2 nitrogen and oxygen atoms in total. The van der Waals surface area contributed by atoms with Gasteiger partial charge in [0.2, 0.25) is 0 Å². The van der Waals surface area contributed by atoms with Crippen molar-refractivity contribution in [1.82, 2.24) is 5.32 Å². The maximum Gasteiger partial charge on any atom is 0.130 e. The second-order valence-corrected chi connectivity index (χ2v) is 5.79. The molecule has 2 rings (SSSR count). The number of rotatable bonds is 6. The summed E-state index contributed by atoms with van der Waals surface area (Å²) < 4.78 is 5.86. The van der Waals surface area contributed by atoms with Crippen molar-refractivity contribution in [3.05, 3.63) is 57.6 Å². The molecule has 1 N–H and O–H groups in total. The number of nitrogens with one attached hydrogen (secondary N) is 1. The molecule has 0 heterocycles. The number of hydrogen-bond donors (Lipinski definition) is 1. The maximum atomic E-state index is 6.30. The molecule has 0 fully saturated rings. The topological polar surface area (TPSA) is 21.3 Å². The van der Waals surface area contributed by atoms with E-state index in [0.29, 0.717) is 10.0 Å². The highest BCUT2D eigenvalue weighted by Gasteiger charge is 2.06. The van der Waals surface area contributed by atoms with E-state index in [2.05, 4.69) is 12.2 Å². The highest BCUT2D eigenvalue weighted by atomic mass is 35.5. The number of benzene rings is 2. The Bertz CT molecular complexity index is 614. The summed E-state index contributed by atoms with van der Waals surface area (Å²) >= 11 is 12.2. The highest BCUT2D eigenvalue weighted by Crippen LogP contribution is 2.30. The summed E-state index contributed by atoms with van der Waals surface area (Å²) in [6.07, 6.45) is 1.11. The largest absolute Gasteiger partial charge is 0.457 e. The molecule has 112 valence electrons. The van der Waals surface area contributed by atoms with Crippen molar-refractivity contribution in [1.29, 1.82) is 0 Å². The average molecular weight is 324 g/mol. The number of hydrogen-bond acceptors (Lipinski definition) is 2. The predicted molar refractivity (Wildman–Crippen MR) is 89.7 cm³/mol. The van der Waals surface area contributed by atoms with E-state index >= 15 is 0 Å². The first kappa shape index (κ1) is 16.2. The van der Waals surface area contributed by atoms with E-state index in [1.54, 1.807) is 0 Å². The summed E-state index contributed by atoms with van der Waals surface area (Å²) in [6.45, 7) is 5.86. The van der Waals surface area contributed by atoms with E-state index in [4.69, 9.17) is 27.9 Å². The van der Waals surface area contributed by atoms with Crippen LogP contribution in [0.1, 0.15) is 24.5 Å². The zero-order chi connectivity index (χ0) is 15.2. The van der Waals surface area contributed by atoms with E-state index < -0.39 is 0 Å². The van der Waals surface area contributed by atoms with Crippen molar-refractivity contribution in [2.45, 2.75) is 26.8 Å². The van der Waals surface area contributed by atoms with Crippen LogP contribution in [0.15, 0.2) is 36.4 Å². The molecule has 2 aromatic rings. The second kappa shape index (κ2) is 7.69. The first-order valence-electron chi connectivity index (χ1n) is 7.03. The van der Waals surface area contributed by atoms with Gasteiger partial charge in [0.1, 0.15) is 11.5 Å². The molecule has 0 amide bonds. The SMILES string of the molecule is CCCNCc1ccc(Oc2ccc(Cl)cc2C)cc1Cl. The Balaban J connectivity index is 2.09. The van der Waals surface area contributed by atoms with Crippen molar-refractivity contribution in [3.63, 3.8) is 0 Å². The van der Waals surface area contributed by atoms with Gasteiger partial charge in [0, 0.05) is 16.6 Å². The number of ether oxygens (including phenoxy) is 1. The summed E-state index contributed by atoms with van der Waals surface area (Å²) in [5.41, 5.74) is 2.07. The summed E-state index contributed by atoms with van der Waals surface area (Å²) in [5.74, 6) is 1.51. The molecule has 2 aromatic carbocycles. The Morgan fingerprint density at radius 3 is 2.57 bits per heavy atom. The fourth-order valence-electron chi connectivity index (χ4n) is 1.99. The van der Waals surface area contributed by atoms with Gasteiger partial charge in [-0.3, -0.25) is 0 Å². The molecule has 0 aliphatic heterocycles. The summed E-state index contributed by atoms with van der Waals surface area (Å²) in [5, 5.41) is 4.75. The van der Waals surface area contributed by atoms with Crippen LogP contribution >= 0.6 is 23.2 Å². The third-order valence-corrected chi connectivity index (χ3v) is 3.72. The Kier molecular flexibility index (Phi) is 5.92. The van der Waals surface area contributed by atoms with Crippen molar-refractivity contribution < 1.29 is 4.74 Å². The van der Waals surface area contributed by atoms with Crippen LogP contribution in [0.4, 0.5) is 0 Å². The molecule has 0 radical (unpaired) electrons. The molecular weight excluding hydrogens is 305 g/mol. The van der Waals surface area contributed by atoms with E-state index in [9.17, 15) is 0 Å². The Hall–Kier alpha value is -1.22. The lowest BCUT2D eigenvalue weighted by Crippen LogP contribution is -2.13. The molecule has 0 aliphatic carbocycles. The number of halogens is 2. The monoisotopic (exact) mass is 323 g/mol. The van der Waals surface area contributed by atoms with Crippen molar-refractivity contribution in [3.8, 4) is 11.5 Å². The molecule has 0 saturated carbocycles. The highest BCUT2D eigenvalue weighted by molar-refractivity contribution is 6.31. The lowest BCUT2D eigenvalue weighted by Gasteiger charge is -2.11. The normalized spacial score (nSPS) is 10.7. The van der Waals surface area contributed by atoms with Crippen LogP contribution in [-0.4, -0.2) is 6.54 Å². The van der Waals surface area contributed by atoms with Crippen LogP contribution in [0.25, 0.3) is 0 Å². The lowest BCUT2D eigenvalue weighted by atomic mass is 10.2. The van der Waals surface area contributed by atoms with Gasteiger partial charge in [-0.15, -0.1) is 0 Å². The lowest BCUT2D eigenvalue weighted by molar-refractivity contribution is 0.478. The van der Waals surface area contributed by atoms with Gasteiger partial charge < -0.3 is 10.1 Å². The Morgan fingerprint density at radius 1 is 1.10 bits per heavy atom. The molecule has 4 heteroatoms. The van der Waals surface area contributed by atoms with Crippen molar-refractivity contribution in [2.24, 2.45) is 0 Å². The van der Waals surface area contributed by atoms with Gasteiger partial charge in [0.25, 0.3) is 0 Å². The van der Waals surface area contributed by atoms with Crippen LogP contribution in [0.2, 0.25) is 10.0 Å². The van der Waals surface area contributed by atoms with Gasteiger partial charge >= 0.3 is 0 Å². The molecule has 0 atom stereocenters. The number of aryl methyl sites for hydroxylation is 1. The summed E-state index contributed by atoms with van der Waals surface area (Å²) in [4.78, 5) is 0. The van der Waals surface area contributed by atoms with Gasteiger partial charge in [-0.2, -0.15) is 0 Å². The molecule has 0 saturated heterocycles. The van der Waals surface area contributed by atoms with Crippen LogP contribution in [0.5, 0.6) is 11.5 Å². The van der Waals surface area contributed by atoms with Gasteiger partial charge in [-0.1, -0.05) is 36.2 Å². The van der Waals surface area contributed by atoms with E-state index in [0.717, 1.165) is 42.1 Å². The smallest absolute Gasteiger partial charge is 0.130 e. The van der Waals surface area contributed by atoms with Crippen LogP contribution in [0, 0.1) is 6.92 Å². The van der Waals surface area contributed by atoms with Crippen LogP contribution in [-0.2, 0) is 6.54 Å². The zero-order valence-electron chi connectivity index (χ0n) is 12.2. The Labute approximate surface area is 136 Å². The molecule has 21 heavy (non-hydrogen) atoms. The molecular formula is C17H19Cl2NO. The van der Waals surface area contributed by atoms with Crippen LogP contribution < -0.4 is 10.1 Å². The summed E-state index contributed by atoms with van der Waals surface area (Å²) in [7, 11) is 0. The molecule has 0 aliphatic rings. The van der Waals surface area contributed by atoms with E-state index in [1.807, 2.05) is 43.3 Å². The first-order valence-corrected chi connectivity index (χ1v) is 7.79. The molecule has 0 bridgehead atoms. The molecule has 0 aromatic heterocycles. The predicted octanol–water partition coefficient (Wildman–Crippen LogP) is 5.59. The third-order valence-electron chi connectivity index (χ3n) is 3.13. The van der Waals surface area contributed by atoms with E-state index in [-0.39, 0.29) is 0 Å². The third kappa shape index (κ3) is 4.63. The summed E-state index contributed by atoms with van der Waals surface area (Å²) in [6, 6.07) is 11.3.